The molecule has 1 aliphatic rings. The first-order valence-electron chi connectivity index (χ1n) is 4.15. The molecule has 0 aromatic carbocycles. The summed E-state index contributed by atoms with van der Waals surface area (Å²) in [4.78, 5) is 11.2. The largest absolute Gasteiger partial charge is 0.353 e. The van der Waals surface area contributed by atoms with Crippen LogP contribution in [0, 0.1) is 5.92 Å². The van der Waals surface area contributed by atoms with Crippen molar-refractivity contribution in [2.45, 2.75) is 32.9 Å². The third-order valence-corrected chi connectivity index (χ3v) is 2.00. The molecule has 1 heterocycles. The second-order valence-corrected chi connectivity index (χ2v) is 3.53. The summed E-state index contributed by atoms with van der Waals surface area (Å²) >= 11 is 0. The van der Waals surface area contributed by atoms with Crippen LogP contribution in [0.3, 0.4) is 0 Å². The lowest BCUT2D eigenvalue weighted by molar-refractivity contribution is -0.126. The molecule has 2 N–H and O–H groups in total. The lowest BCUT2D eigenvalue weighted by atomic mass is 10.0. The smallest absolute Gasteiger partial charge is 0.237 e. The van der Waals surface area contributed by atoms with Gasteiger partial charge in [-0.05, 0) is 12.8 Å². The van der Waals surface area contributed by atoms with Gasteiger partial charge in [0.05, 0.1) is 6.04 Å². The SMILES string of the molecule is CC(C)[C@@H]1N[C@@H](C)CNC1=O. The fourth-order valence-corrected chi connectivity index (χ4v) is 1.30. The van der Waals surface area contributed by atoms with E-state index >= 15 is 0 Å². The minimum atomic E-state index is -0.00116. The maximum absolute atomic E-state index is 11.2. The molecule has 3 nitrogen and oxygen atoms in total. The molecule has 0 radical (unpaired) electrons. The Morgan fingerprint density at radius 1 is 1.55 bits per heavy atom. The normalized spacial score (nSPS) is 32.2. The summed E-state index contributed by atoms with van der Waals surface area (Å²) in [7, 11) is 0. The molecule has 1 aliphatic heterocycles. The van der Waals surface area contributed by atoms with Crippen LogP contribution in [-0.4, -0.2) is 24.5 Å². The molecule has 1 rings (SSSR count). The highest BCUT2D eigenvalue weighted by Crippen LogP contribution is 2.05. The van der Waals surface area contributed by atoms with Crippen LogP contribution in [0.5, 0.6) is 0 Å². The molecule has 0 aliphatic carbocycles. The number of nitrogens with one attached hydrogen (secondary N) is 2. The molecule has 0 aromatic heterocycles. The van der Waals surface area contributed by atoms with E-state index in [2.05, 4.69) is 31.4 Å². The lowest BCUT2D eigenvalue weighted by Gasteiger charge is -2.30. The van der Waals surface area contributed by atoms with Gasteiger partial charge in [0.25, 0.3) is 0 Å². The third-order valence-electron chi connectivity index (χ3n) is 2.00. The Morgan fingerprint density at radius 3 is 2.64 bits per heavy atom. The van der Waals surface area contributed by atoms with Crippen molar-refractivity contribution in [2.75, 3.05) is 6.54 Å². The number of hydrogen-bond donors (Lipinski definition) is 2. The number of hydrogen-bond acceptors (Lipinski definition) is 2. The topological polar surface area (TPSA) is 41.1 Å². The second kappa shape index (κ2) is 3.22. The highest BCUT2D eigenvalue weighted by molar-refractivity contribution is 5.82. The van der Waals surface area contributed by atoms with Crippen LogP contribution >= 0.6 is 0 Å². The van der Waals surface area contributed by atoms with Gasteiger partial charge >= 0.3 is 0 Å². The van der Waals surface area contributed by atoms with Crippen LogP contribution in [0.1, 0.15) is 20.8 Å². The zero-order chi connectivity index (χ0) is 8.43. The highest BCUT2D eigenvalue weighted by Gasteiger charge is 2.27. The Hall–Kier alpha value is -0.570. The minimum absolute atomic E-state index is 0.00116. The van der Waals surface area contributed by atoms with Crippen LogP contribution in [-0.2, 0) is 4.79 Å². The molecule has 0 bridgehead atoms. The summed E-state index contributed by atoms with van der Waals surface area (Å²) in [6, 6.07) is 0.402. The van der Waals surface area contributed by atoms with Gasteiger partial charge in [-0.25, -0.2) is 0 Å². The molecule has 0 saturated carbocycles. The summed E-state index contributed by atoms with van der Waals surface area (Å²) in [6.07, 6.45) is 0. The van der Waals surface area contributed by atoms with E-state index in [9.17, 15) is 4.79 Å². The number of amides is 1. The van der Waals surface area contributed by atoms with Gasteiger partial charge < -0.3 is 10.6 Å². The first-order chi connectivity index (χ1) is 5.11. The van der Waals surface area contributed by atoms with E-state index in [1.807, 2.05) is 0 Å². The average Bonchev–Trinajstić information content (AvgIpc) is 1.94. The van der Waals surface area contributed by atoms with Gasteiger partial charge in [0.15, 0.2) is 0 Å². The van der Waals surface area contributed by atoms with Gasteiger partial charge in [-0.2, -0.15) is 0 Å². The number of rotatable bonds is 1. The van der Waals surface area contributed by atoms with Crippen molar-refractivity contribution in [3.63, 3.8) is 0 Å². The van der Waals surface area contributed by atoms with Gasteiger partial charge in [0.1, 0.15) is 0 Å². The molecule has 11 heavy (non-hydrogen) atoms. The van der Waals surface area contributed by atoms with Gasteiger partial charge in [0.2, 0.25) is 5.91 Å². The van der Waals surface area contributed by atoms with Gasteiger partial charge in [-0.1, -0.05) is 13.8 Å². The Morgan fingerprint density at radius 2 is 2.18 bits per heavy atom. The summed E-state index contributed by atoms with van der Waals surface area (Å²) in [5, 5.41) is 6.12. The number of piperazine rings is 1. The van der Waals surface area contributed by atoms with Gasteiger partial charge in [-0.15, -0.1) is 0 Å². The molecular weight excluding hydrogens is 140 g/mol. The molecule has 0 aromatic rings. The summed E-state index contributed by atoms with van der Waals surface area (Å²) in [5.41, 5.74) is 0. The van der Waals surface area contributed by atoms with Crippen LogP contribution in [0.4, 0.5) is 0 Å². The molecule has 64 valence electrons. The quantitative estimate of drug-likeness (QED) is 0.566. The van der Waals surface area contributed by atoms with Crippen molar-refractivity contribution in [3.05, 3.63) is 0 Å². The van der Waals surface area contributed by atoms with Crippen molar-refractivity contribution < 1.29 is 4.79 Å². The van der Waals surface area contributed by atoms with E-state index in [-0.39, 0.29) is 11.9 Å². The Balaban J connectivity index is 2.54. The first-order valence-corrected chi connectivity index (χ1v) is 4.15. The molecule has 3 heteroatoms. The maximum atomic E-state index is 11.2. The van der Waals surface area contributed by atoms with Crippen molar-refractivity contribution in [3.8, 4) is 0 Å². The molecule has 1 amide bonds. The lowest BCUT2D eigenvalue weighted by Crippen LogP contribution is -2.59. The standard InChI is InChI=1S/C8H16N2O/c1-5(2)7-8(11)9-4-6(3)10-7/h5-7,10H,4H2,1-3H3,(H,9,11)/t6-,7-/m0/s1. The molecule has 1 fully saturated rings. The monoisotopic (exact) mass is 156 g/mol. The Kier molecular flexibility index (Phi) is 2.49. The predicted molar refractivity (Wildman–Crippen MR) is 44.2 cm³/mol. The summed E-state index contributed by atoms with van der Waals surface area (Å²) in [5.74, 6) is 0.510. The van der Waals surface area contributed by atoms with Crippen LogP contribution in [0.2, 0.25) is 0 Å². The second-order valence-electron chi connectivity index (χ2n) is 3.53. The predicted octanol–water partition coefficient (Wildman–Crippen LogP) is 0.119. The fraction of sp³-hybridized carbons (Fsp3) is 0.875. The zero-order valence-corrected chi connectivity index (χ0v) is 7.35. The number of carbonyl (C=O) groups excluding carboxylic acids is 1. The third kappa shape index (κ3) is 1.93. The van der Waals surface area contributed by atoms with Crippen LogP contribution < -0.4 is 10.6 Å². The molecule has 0 unspecified atom stereocenters. The highest BCUT2D eigenvalue weighted by atomic mass is 16.2. The van der Waals surface area contributed by atoms with Crippen molar-refractivity contribution in [1.29, 1.82) is 0 Å². The van der Waals surface area contributed by atoms with E-state index in [4.69, 9.17) is 0 Å². The molecule has 2 atom stereocenters. The summed E-state index contributed by atoms with van der Waals surface area (Å²) < 4.78 is 0. The van der Waals surface area contributed by atoms with Crippen molar-refractivity contribution in [1.82, 2.24) is 10.6 Å². The van der Waals surface area contributed by atoms with Crippen LogP contribution in [0.25, 0.3) is 0 Å². The van der Waals surface area contributed by atoms with E-state index in [0.717, 1.165) is 6.54 Å². The van der Waals surface area contributed by atoms with Gasteiger partial charge in [0, 0.05) is 12.6 Å². The summed E-state index contributed by atoms with van der Waals surface area (Å²) in [6.45, 7) is 6.93. The number of carbonyl (C=O) groups is 1. The zero-order valence-electron chi connectivity index (χ0n) is 7.35. The van der Waals surface area contributed by atoms with E-state index in [1.54, 1.807) is 0 Å². The molecule has 0 spiro atoms. The van der Waals surface area contributed by atoms with Crippen molar-refractivity contribution in [2.24, 2.45) is 5.92 Å². The van der Waals surface area contributed by atoms with Crippen molar-refractivity contribution >= 4 is 5.91 Å². The Bertz CT molecular complexity index is 156. The first kappa shape index (κ1) is 8.53. The fourth-order valence-electron chi connectivity index (χ4n) is 1.30. The van der Waals surface area contributed by atoms with Gasteiger partial charge in [-0.3, -0.25) is 4.79 Å². The maximum Gasteiger partial charge on any atom is 0.237 e. The van der Waals surface area contributed by atoms with E-state index in [1.165, 1.54) is 0 Å². The van der Waals surface area contributed by atoms with Crippen LogP contribution in [0.15, 0.2) is 0 Å². The minimum Gasteiger partial charge on any atom is -0.353 e. The van der Waals surface area contributed by atoms with E-state index < -0.39 is 0 Å². The Labute approximate surface area is 67.5 Å². The molecular formula is C8H16N2O. The molecule has 1 saturated heterocycles. The average molecular weight is 156 g/mol. The van der Waals surface area contributed by atoms with E-state index in [0.29, 0.717) is 12.0 Å².